The summed E-state index contributed by atoms with van der Waals surface area (Å²) in [6.45, 7) is 12.5. The van der Waals surface area contributed by atoms with Gasteiger partial charge in [0, 0.05) is 23.0 Å². The summed E-state index contributed by atoms with van der Waals surface area (Å²) in [5.74, 6) is 0.456. The minimum atomic E-state index is -0.334. The minimum absolute atomic E-state index is 0.196. The third-order valence-corrected chi connectivity index (χ3v) is 5.93. The fraction of sp³-hybridized carbons (Fsp3) is 0.533. The lowest BCUT2D eigenvalue weighted by Gasteiger charge is -2.17. The molecule has 0 radical (unpaired) electrons. The normalized spacial score (nSPS) is 12.1. The summed E-state index contributed by atoms with van der Waals surface area (Å²) >= 11 is 0. The number of hydrogen-bond donors (Lipinski definition) is 0. The van der Waals surface area contributed by atoms with Crippen LogP contribution in [0.4, 0.5) is 0 Å². The quantitative estimate of drug-likeness (QED) is 0.263. The first kappa shape index (κ1) is 26.0. The third kappa shape index (κ3) is 9.10. The molecule has 0 aliphatic heterocycles. The minimum Gasteiger partial charge on any atom is -0.294 e. The molecule has 0 unspecified atom stereocenters. The molecule has 0 amide bonds. The number of rotatable bonds is 11. The first-order valence-corrected chi connectivity index (χ1v) is 12.2. The predicted octanol–water partition coefficient (Wildman–Crippen LogP) is 8.27. The molecule has 2 aromatic carbocycles. The standard InChI is InChI=1S/C30H42O2/c1-29(2,3)22-10-13-27(31)25-18-14-23(15-19-25)11-8-7-9-12-24-16-20-26(21-17-24)28(32)30(4,5)6/h14-21H,7-13,22H2,1-6H3. The SMILES string of the molecule is CC(C)(C)CCCC(=O)c1ccc(CCCCCc2ccc(C(=O)C(C)(C)C)cc2)cc1. The van der Waals surface area contributed by atoms with E-state index in [0.717, 1.165) is 49.7 Å². The van der Waals surface area contributed by atoms with Gasteiger partial charge in [-0.1, -0.05) is 96.5 Å². The van der Waals surface area contributed by atoms with Gasteiger partial charge in [-0.05, 0) is 55.1 Å². The number of benzene rings is 2. The predicted molar refractivity (Wildman–Crippen MR) is 136 cm³/mol. The van der Waals surface area contributed by atoms with Gasteiger partial charge in [0.2, 0.25) is 0 Å². The number of hydrogen-bond acceptors (Lipinski definition) is 2. The second-order valence-corrected chi connectivity index (χ2v) is 11.4. The smallest absolute Gasteiger partial charge is 0.168 e. The van der Waals surface area contributed by atoms with Gasteiger partial charge >= 0.3 is 0 Å². The molecule has 0 saturated carbocycles. The van der Waals surface area contributed by atoms with Crippen LogP contribution in [0.25, 0.3) is 0 Å². The fourth-order valence-corrected chi connectivity index (χ4v) is 3.87. The highest BCUT2D eigenvalue weighted by molar-refractivity contribution is 5.99. The van der Waals surface area contributed by atoms with Crippen LogP contribution in [0.2, 0.25) is 0 Å². The Kier molecular flexibility index (Phi) is 9.43. The molecular formula is C30H42O2. The topological polar surface area (TPSA) is 34.1 Å². The number of Topliss-reactive ketones (excluding diaryl/α,β-unsaturated/α-hetero) is 2. The van der Waals surface area contributed by atoms with Crippen LogP contribution in [0.5, 0.6) is 0 Å². The Labute approximate surface area is 195 Å². The summed E-state index contributed by atoms with van der Waals surface area (Å²) in [6, 6.07) is 16.3. The molecule has 2 nitrogen and oxygen atoms in total. The van der Waals surface area contributed by atoms with E-state index in [1.807, 2.05) is 45.0 Å². The largest absolute Gasteiger partial charge is 0.294 e. The maximum Gasteiger partial charge on any atom is 0.168 e. The Morgan fingerprint density at radius 2 is 1.09 bits per heavy atom. The molecule has 0 N–H and O–H groups in total. The zero-order valence-electron chi connectivity index (χ0n) is 21.1. The van der Waals surface area contributed by atoms with Gasteiger partial charge in [-0.2, -0.15) is 0 Å². The van der Waals surface area contributed by atoms with Crippen LogP contribution in [0.1, 0.15) is 112 Å². The Hall–Kier alpha value is -2.22. The molecule has 0 atom stereocenters. The zero-order chi connectivity index (χ0) is 23.8. The molecule has 0 fully saturated rings. The van der Waals surface area contributed by atoms with Crippen molar-refractivity contribution in [1.29, 1.82) is 0 Å². The average molecular weight is 435 g/mol. The number of aryl methyl sites for hydroxylation is 2. The van der Waals surface area contributed by atoms with Gasteiger partial charge in [0.25, 0.3) is 0 Å². The lowest BCUT2D eigenvalue weighted by molar-refractivity contribution is 0.0858. The van der Waals surface area contributed by atoms with Crippen LogP contribution in [0.15, 0.2) is 48.5 Å². The summed E-state index contributed by atoms with van der Waals surface area (Å²) in [4.78, 5) is 24.7. The van der Waals surface area contributed by atoms with Gasteiger partial charge < -0.3 is 0 Å². The van der Waals surface area contributed by atoms with Crippen LogP contribution in [0.3, 0.4) is 0 Å². The highest BCUT2D eigenvalue weighted by Crippen LogP contribution is 2.23. The Morgan fingerprint density at radius 1 is 0.625 bits per heavy atom. The van der Waals surface area contributed by atoms with E-state index in [2.05, 4.69) is 45.0 Å². The molecule has 0 aliphatic carbocycles. The third-order valence-electron chi connectivity index (χ3n) is 5.93. The molecule has 0 spiro atoms. The maximum absolute atomic E-state index is 12.4. The lowest BCUT2D eigenvalue weighted by atomic mass is 9.86. The van der Waals surface area contributed by atoms with E-state index in [-0.39, 0.29) is 17.0 Å². The van der Waals surface area contributed by atoms with Crippen LogP contribution >= 0.6 is 0 Å². The number of unbranched alkanes of at least 4 members (excludes halogenated alkanes) is 2. The molecule has 32 heavy (non-hydrogen) atoms. The monoisotopic (exact) mass is 434 g/mol. The summed E-state index contributed by atoms with van der Waals surface area (Å²) in [5, 5.41) is 0. The molecule has 2 rings (SSSR count). The van der Waals surface area contributed by atoms with E-state index >= 15 is 0 Å². The lowest BCUT2D eigenvalue weighted by Crippen LogP contribution is -2.20. The van der Waals surface area contributed by atoms with Gasteiger partial charge in [-0.15, -0.1) is 0 Å². The highest BCUT2D eigenvalue weighted by atomic mass is 16.1. The Balaban J connectivity index is 1.69. The Bertz CT molecular complexity index is 859. The van der Waals surface area contributed by atoms with E-state index in [1.165, 1.54) is 17.5 Å². The average Bonchev–Trinajstić information content (AvgIpc) is 2.72. The molecule has 0 bridgehead atoms. The highest BCUT2D eigenvalue weighted by Gasteiger charge is 2.22. The molecule has 174 valence electrons. The van der Waals surface area contributed by atoms with Crippen molar-refractivity contribution >= 4 is 11.6 Å². The van der Waals surface area contributed by atoms with E-state index in [1.54, 1.807) is 0 Å². The summed E-state index contributed by atoms with van der Waals surface area (Å²) < 4.78 is 0. The zero-order valence-corrected chi connectivity index (χ0v) is 21.1. The van der Waals surface area contributed by atoms with Gasteiger partial charge in [0.05, 0.1) is 0 Å². The van der Waals surface area contributed by atoms with E-state index < -0.39 is 0 Å². The summed E-state index contributed by atoms with van der Waals surface area (Å²) in [5.41, 5.74) is 4.21. The van der Waals surface area contributed by atoms with Crippen LogP contribution in [-0.4, -0.2) is 11.6 Å². The number of carbonyl (C=O) groups excluding carboxylic acids is 2. The second-order valence-electron chi connectivity index (χ2n) is 11.4. The van der Waals surface area contributed by atoms with Crippen molar-refractivity contribution in [3.05, 3.63) is 70.8 Å². The molecule has 0 aliphatic rings. The first-order valence-electron chi connectivity index (χ1n) is 12.2. The molecular weight excluding hydrogens is 392 g/mol. The van der Waals surface area contributed by atoms with Crippen molar-refractivity contribution in [3.63, 3.8) is 0 Å². The fourth-order valence-electron chi connectivity index (χ4n) is 3.87. The summed E-state index contributed by atoms with van der Waals surface area (Å²) in [6.07, 6.45) is 8.26. The van der Waals surface area contributed by atoms with Crippen molar-refractivity contribution in [2.45, 2.75) is 92.9 Å². The van der Waals surface area contributed by atoms with Crippen LogP contribution in [-0.2, 0) is 12.8 Å². The van der Waals surface area contributed by atoms with E-state index in [4.69, 9.17) is 0 Å². The van der Waals surface area contributed by atoms with Gasteiger partial charge in [-0.25, -0.2) is 0 Å². The molecule has 0 heterocycles. The van der Waals surface area contributed by atoms with Crippen molar-refractivity contribution in [2.24, 2.45) is 10.8 Å². The van der Waals surface area contributed by atoms with Crippen LogP contribution < -0.4 is 0 Å². The molecule has 2 heteroatoms. The van der Waals surface area contributed by atoms with Crippen LogP contribution in [0, 0.1) is 10.8 Å². The van der Waals surface area contributed by atoms with Crippen molar-refractivity contribution in [2.75, 3.05) is 0 Å². The van der Waals surface area contributed by atoms with Crippen molar-refractivity contribution in [3.8, 4) is 0 Å². The Morgan fingerprint density at radius 3 is 1.53 bits per heavy atom. The first-order chi connectivity index (χ1) is 15.0. The van der Waals surface area contributed by atoms with Crippen molar-refractivity contribution < 1.29 is 9.59 Å². The maximum atomic E-state index is 12.4. The van der Waals surface area contributed by atoms with Gasteiger partial charge in [0.1, 0.15) is 0 Å². The second kappa shape index (κ2) is 11.6. The molecule has 2 aromatic rings. The number of ketones is 2. The van der Waals surface area contributed by atoms with E-state index in [9.17, 15) is 9.59 Å². The number of carbonyl (C=O) groups is 2. The molecule has 0 aromatic heterocycles. The molecule has 0 saturated heterocycles. The van der Waals surface area contributed by atoms with Gasteiger partial charge in [0.15, 0.2) is 11.6 Å². The van der Waals surface area contributed by atoms with Crippen molar-refractivity contribution in [1.82, 2.24) is 0 Å². The van der Waals surface area contributed by atoms with Gasteiger partial charge in [-0.3, -0.25) is 9.59 Å². The summed E-state index contributed by atoms with van der Waals surface area (Å²) in [7, 11) is 0. The van der Waals surface area contributed by atoms with E-state index in [0.29, 0.717) is 11.8 Å².